The van der Waals surface area contributed by atoms with Gasteiger partial charge in [-0.05, 0) is 39.2 Å². The van der Waals surface area contributed by atoms with Crippen molar-refractivity contribution in [3.8, 4) is 0 Å². The van der Waals surface area contributed by atoms with E-state index in [1.807, 2.05) is 6.20 Å². The number of likely N-dealkylation sites (tertiary alicyclic amines) is 1. The van der Waals surface area contributed by atoms with E-state index in [9.17, 15) is 0 Å². The van der Waals surface area contributed by atoms with Gasteiger partial charge in [0.05, 0.1) is 6.54 Å². The normalized spacial score (nSPS) is 26.3. The molecule has 4 heteroatoms. The molecule has 96 valence electrons. The molecule has 0 spiro atoms. The van der Waals surface area contributed by atoms with Gasteiger partial charge in [-0.15, -0.1) is 0 Å². The van der Waals surface area contributed by atoms with E-state index in [0.29, 0.717) is 12.0 Å². The molecule has 0 radical (unpaired) electrons. The molecule has 2 unspecified atom stereocenters. The second-order valence-electron chi connectivity index (χ2n) is 5.09. The highest BCUT2D eigenvalue weighted by Crippen LogP contribution is 2.22. The molecule has 1 aromatic rings. The van der Waals surface area contributed by atoms with Gasteiger partial charge in [0.15, 0.2) is 0 Å². The third-order valence-electron chi connectivity index (χ3n) is 3.93. The molecule has 0 saturated carbocycles. The molecule has 2 rings (SSSR count). The molecule has 2 N–H and O–H groups in total. The molecule has 17 heavy (non-hydrogen) atoms. The highest BCUT2D eigenvalue weighted by atomic mass is 15.2. The van der Waals surface area contributed by atoms with E-state index < -0.39 is 0 Å². The molecule has 4 nitrogen and oxygen atoms in total. The molecule has 1 fully saturated rings. The number of imidazole rings is 1. The fourth-order valence-corrected chi connectivity index (χ4v) is 2.64. The Labute approximate surface area is 104 Å². The van der Waals surface area contributed by atoms with Crippen molar-refractivity contribution in [1.82, 2.24) is 14.5 Å². The number of piperidine rings is 1. The Morgan fingerprint density at radius 2 is 2.29 bits per heavy atom. The maximum absolute atomic E-state index is 5.79. The fourth-order valence-electron chi connectivity index (χ4n) is 2.64. The van der Waals surface area contributed by atoms with Crippen LogP contribution in [0.3, 0.4) is 0 Å². The maximum Gasteiger partial charge on any atom is 0.122 e. The average molecular weight is 236 g/mol. The summed E-state index contributed by atoms with van der Waals surface area (Å²) in [4.78, 5) is 6.98. The number of hydrogen-bond donors (Lipinski definition) is 1. The van der Waals surface area contributed by atoms with Crippen molar-refractivity contribution in [1.29, 1.82) is 0 Å². The largest absolute Gasteiger partial charge is 0.334 e. The van der Waals surface area contributed by atoms with E-state index in [-0.39, 0.29) is 0 Å². The minimum absolute atomic E-state index is 0.653. The summed E-state index contributed by atoms with van der Waals surface area (Å²) in [5.74, 6) is 1.84. The molecule has 1 aliphatic heterocycles. The van der Waals surface area contributed by atoms with Crippen LogP contribution in [0.2, 0.25) is 0 Å². The third-order valence-corrected chi connectivity index (χ3v) is 3.93. The van der Waals surface area contributed by atoms with Gasteiger partial charge in [0.2, 0.25) is 0 Å². The molecule has 0 bridgehead atoms. The summed E-state index contributed by atoms with van der Waals surface area (Å²) in [5.41, 5.74) is 5.79. The van der Waals surface area contributed by atoms with Crippen molar-refractivity contribution in [3.63, 3.8) is 0 Å². The minimum Gasteiger partial charge on any atom is -0.334 e. The molecule has 1 saturated heterocycles. The van der Waals surface area contributed by atoms with E-state index in [2.05, 4.69) is 34.5 Å². The molecule has 2 heterocycles. The molecule has 0 aromatic carbocycles. The Hall–Kier alpha value is -0.870. The fraction of sp³-hybridized carbons (Fsp3) is 0.769. The number of nitrogens with zero attached hydrogens (tertiary/aromatic N) is 3. The second-order valence-corrected chi connectivity index (χ2v) is 5.09. The standard InChI is InChI=1S/C13H24N4/c1-3-16-7-6-15-13(16)10-17-9-12(8-14)5-4-11(17)2/h6-7,11-12H,3-5,8-10,14H2,1-2H3. The number of nitrogens with two attached hydrogens (primary N) is 1. The molecule has 1 aliphatic rings. The van der Waals surface area contributed by atoms with Crippen molar-refractivity contribution in [2.75, 3.05) is 13.1 Å². The van der Waals surface area contributed by atoms with Gasteiger partial charge in [-0.3, -0.25) is 4.90 Å². The molecular formula is C13H24N4. The molecule has 0 aliphatic carbocycles. The minimum atomic E-state index is 0.653. The van der Waals surface area contributed by atoms with Crippen LogP contribution in [0.1, 0.15) is 32.5 Å². The van der Waals surface area contributed by atoms with Gasteiger partial charge >= 0.3 is 0 Å². The molecule has 2 atom stereocenters. The number of hydrogen-bond acceptors (Lipinski definition) is 3. The lowest BCUT2D eigenvalue weighted by Crippen LogP contribution is -2.43. The predicted octanol–water partition coefficient (Wildman–Crippen LogP) is 1.46. The molecular weight excluding hydrogens is 212 g/mol. The van der Waals surface area contributed by atoms with E-state index >= 15 is 0 Å². The van der Waals surface area contributed by atoms with E-state index in [0.717, 1.165) is 26.2 Å². The Kier molecular flexibility index (Phi) is 4.18. The van der Waals surface area contributed by atoms with Crippen LogP contribution in [0.4, 0.5) is 0 Å². The summed E-state index contributed by atoms with van der Waals surface area (Å²) in [7, 11) is 0. The number of aryl methyl sites for hydroxylation is 1. The van der Waals surface area contributed by atoms with Gasteiger partial charge in [0, 0.05) is 31.5 Å². The zero-order valence-electron chi connectivity index (χ0n) is 11.0. The van der Waals surface area contributed by atoms with Gasteiger partial charge in [0.1, 0.15) is 5.82 Å². The lowest BCUT2D eigenvalue weighted by Gasteiger charge is -2.37. The smallest absolute Gasteiger partial charge is 0.122 e. The first-order chi connectivity index (χ1) is 8.24. The van der Waals surface area contributed by atoms with Crippen molar-refractivity contribution in [2.45, 2.75) is 45.8 Å². The lowest BCUT2D eigenvalue weighted by atomic mass is 9.93. The van der Waals surface area contributed by atoms with Crippen LogP contribution < -0.4 is 5.73 Å². The molecule has 0 amide bonds. The third kappa shape index (κ3) is 2.87. The van der Waals surface area contributed by atoms with E-state index in [4.69, 9.17) is 5.73 Å². The quantitative estimate of drug-likeness (QED) is 0.861. The van der Waals surface area contributed by atoms with Gasteiger partial charge in [-0.25, -0.2) is 4.98 Å². The lowest BCUT2D eigenvalue weighted by molar-refractivity contribution is 0.109. The zero-order chi connectivity index (χ0) is 12.3. The van der Waals surface area contributed by atoms with Gasteiger partial charge in [0.25, 0.3) is 0 Å². The highest BCUT2D eigenvalue weighted by Gasteiger charge is 2.25. The summed E-state index contributed by atoms with van der Waals surface area (Å²) in [6, 6.07) is 0.653. The monoisotopic (exact) mass is 236 g/mol. The van der Waals surface area contributed by atoms with Crippen LogP contribution in [0.15, 0.2) is 12.4 Å². The van der Waals surface area contributed by atoms with Crippen LogP contribution in [0, 0.1) is 5.92 Å². The zero-order valence-corrected chi connectivity index (χ0v) is 11.0. The van der Waals surface area contributed by atoms with E-state index in [1.54, 1.807) is 0 Å². The summed E-state index contributed by atoms with van der Waals surface area (Å²) < 4.78 is 2.22. The Morgan fingerprint density at radius 3 is 3.00 bits per heavy atom. The van der Waals surface area contributed by atoms with E-state index in [1.165, 1.54) is 18.7 Å². The van der Waals surface area contributed by atoms with Gasteiger partial charge in [-0.1, -0.05) is 0 Å². The second kappa shape index (κ2) is 5.65. The topological polar surface area (TPSA) is 47.1 Å². The van der Waals surface area contributed by atoms with Crippen LogP contribution in [0.25, 0.3) is 0 Å². The van der Waals surface area contributed by atoms with Crippen molar-refractivity contribution in [2.24, 2.45) is 11.7 Å². The summed E-state index contributed by atoms with van der Waals surface area (Å²) in [5, 5.41) is 0. The first kappa shape index (κ1) is 12.6. The number of rotatable bonds is 4. The number of aromatic nitrogens is 2. The van der Waals surface area contributed by atoms with Gasteiger partial charge < -0.3 is 10.3 Å². The SMILES string of the molecule is CCn1ccnc1CN1CC(CN)CCC1C. The molecule has 1 aromatic heterocycles. The summed E-state index contributed by atoms with van der Waals surface area (Å²) in [6.07, 6.45) is 6.49. The van der Waals surface area contributed by atoms with Crippen LogP contribution in [0.5, 0.6) is 0 Å². The summed E-state index contributed by atoms with van der Waals surface area (Å²) in [6.45, 7) is 8.36. The Morgan fingerprint density at radius 1 is 1.47 bits per heavy atom. The Bertz CT molecular complexity index is 347. The van der Waals surface area contributed by atoms with Crippen molar-refractivity contribution in [3.05, 3.63) is 18.2 Å². The van der Waals surface area contributed by atoms with Crippen molar-refractivity contribution >= 4 is 0 Å². The summed E-state index contributed by atoms with van der Waals surface area (Å²) >= 11 is 0. The Balaban J connectivity index is 2.01. The maximum atomic E-state index is 5.79. The average Bonchev–Trinajstić information content (AvgIpc) is 2.79. The first-order valence-electron chi connectivity index (χ1n) is 6.68. The highest BCUT2D eigenvalue weighted by molar-refractivity contribution is 4.94. The van der Waals surface area contributed by atoms with Crippen molar-refractivity contribution < 1.29 is 0 Å². The predicted molar refractivity (Wildman–Crippen MR) is 69.6 cm³/mol. The first-order valence-corrected chi connectivity index (χ1v) is 6.68. The van der Waals surface area contributed by atoms with Gasteiger partial charge in [-0.2, -0.15) is 0 Å². The van der Waals surface area contributed by atoms with Crippen LogP contribution in [-0.2, 0) is 13.1 Å². The van der Waals surface area contributed by atoms with Crippen LogP contribution >= 0.6 is 0 Å². The van der Waals surface area contributed by atoms with Crippen LogP contribution in [-0.4, -0.2) is 33.6 Å².